The Kier molecular flexibility index (Phi) is 2.99. The Hall–Kier alpha value is -1.87. The number of benzene rings is 2. The van der Waals surface area contributed by atoms with E-state index in [-0.39, 0.29) is 12.0 Å². The van der Waals surface area contributed by atoms with E-state index in [9.17, 15) is 4.79 Å². The Morgan fingerprint density at radius 1 is 1.17 bits per heavy atom. The fourth-order valence-corrected chi connectivity index (χ4v) is 2.35. The van der Waals surface area contributed by atoms with E-state index in [1.54, 1.807) is 0 Å². The fraction of sp³-hybridized carbons (Fsp3) is 0.267. The Morgan fingerprint density at radius 3 is 2.83 bits per heavy atom. The van der Waals surface area contributed by atoms with E-state index in [0.717, 1.165) is 30.2 Å². The minimum Gasteiger partial charge on any atom is -0.425 e. The van der Waals surface area contributed by atoms with E-state index >= 15 is 0 Å². The highest BCUT2D eigenvalue weighted by Gasteiger charge is 2.24. The Balaban J connectivity index is 1.88. The van der Waals surface area contributed by atoms with Crippen LogP contribution < -0.4 is 10.1 Å². The van der Waals surface area contributed by atoms with Crippen LogP contribution >= 0.6 is 0 Å². The molecule has 2 aromatic rings. The van der Waals surface area contributed by atoms with Gasteiger partial charge in [-0.1, -0.05) is 36.4 Å². The Morgan fingerprint density at radius 2 is 2.00 bits per heavy atom. The third-order valence-electron chi connectivity index (χ3n) is 3.31. The molecule has 0 aliphatic carbocycles. The van der Waals surface area contributed by atoms with Gasteiger partial charge in [0.1, 0.15) is 11.8 Å². The Labute approximate surface area is 106 Å². The smallest absolute Gasteiger partial charge is 0.328 e. The lowest BCUT2D eigenvalue weighted by molar-refractivity contribution is -0.136. The molecule has 1 saturated heterocycles. The fourth-order valence-electron chi connectivity index (χ4n) is 2.35. The van der Waals surface area contributed by atoms with Gasteiger partial charge >= 0.3 is 5.97 Å². The number of hydrogen-bond acceptors (Lipinski definition) is 3. The predicted molar refractivity (Wildman–Crippen MR) is 70.6 cm³/mol. The molecule has 1 unspecified atom stereocenters. The van der Waals surface area contributed by atoms with Crippen LogP contribution in [0, 0.1) is 0 Å². The van der Waals surface area contributed by atoms with Gasteiger partial charge in [-0.3, -0.25) is 0 Å². The molecule has 0 spiro atoms. The van der Waals surface area contributed by atoms with Crippen molar-refractivity contribution in [1.29, 1.82) is 0 Å². The van der Waals surface area contributed by atoms with E-state index in [4.69, 9.17) is 4.74 Å². The highest BCUT2D eigenvalue weighted by molar-refractivity contribution is 5.91. The molecule has 0 bridgehead atoms. The van der Waals surface area contributed by atoms with Crippen LogP contribution in [0.1, 0.15) is 12.8 Å². The molecule has 1 fully saturated rings. The molecular formula is C15H15NO2. The molecule has 2 aromatic carbocycles. The molecule has 3 nitrogen and oxygen atoms in total. The van der Waals surface area contributed by atoms with Crippen LogP contribution in [-0.2, 0) is 4.79 Å². The molecule has 1 N–H and O–H groups in total. The maximum absolute atomic E-state index is 12.0. The average Bonchev–Trinajstić information content (AvgIpc) is 2.93. The number of ether oxygens (including phenoxy) is 1. The van der Waals surface area contributed by atoms with Gasteiger partial charge in [0.2, 0.25) is 0 Å². The van der Waals surface area contributed by atoms with E-state index in [1.165, 1.54) is 0 Å². The first-order valence-corrected chi connectivity index (χ1v) is 6.27. The normalized spacial score (nSPS) is 19.0. The van der Waals surface area contributed by atoms with Gasteiger partial charge in [-0.25, -0.2) is 4.79 Å². The summed E-state index contributed by atoms with van der Waals surface area (Å²) in [6, 6.07) is 13.5. The highest BCUT2D eigenvalue weighted by Crippen LogP contribution is 2.25. The van der Waals surface area contributed by atoms with Crippen LogP contribution in [0.25, 0.3) is 10.8 Å². The van der Waals surface area contributed by atoms with Crippen molar-refractivity contribution in [3.05, 3.63) is 42.5 Å². The molecular weight excluding hydrogens is 226 g/mol. The van der Waals surface area contributed by atoms with Crippen molar-refractivity contribution < 1.29 is 9.53 Å². The summed E-state index contributed by atoms with van der Waals surface area (Å²) < 4.78 is 5.51. The Bertz CT molecular complexity index is 568. The van der Waals surface area contributed by atoms with Crippen LogP contribution in [0.2, 0.25) is 0 Å². The molecule has 0 amide bonds. The maximum Gasteiger partial charge on any atom is 0.328 e. The second-order valence-corrected chi connectivity index (χ2v) is 4.55. The molecule has 0 saturated carbocycles. The maximum atomic E-state index is 12.0. The molecule has 0 radical (unpaired) electrons. The molecule has 0 aromatic heterocycles. The molecule has 1 aliphatic heterocycles. The molecule has 1 atom stereocenters. The number of esters is 1. The first-order chi connectivity index (χ1) is 8.84. The van der Waals surface area contributed by atoms with Crippen LogP contribution in [0.5, 0.6) is 5.75 Å². The van der Waals surface area contributed by atoms with Crippen LogP contribution in [0.4, 0.5) is 0 Å². The lowest BCUT2D eigenvalue weighted by Gasteiger charge is -2.11. The zero-order chi connectivity index (χ0) is 12.4. The number of nitrogens with one attached hydrogen (secondary N) is 1. The van der Waals surface area contributed by atoms with Crippen LogP contribution in [0.3, 0.4) is 0 Å². The van der Waals surface area contributed by atoms with E-state index in [0.29, 0.717) is 5.75 Å². The van der Waals surface area contributed by atoms with Gasteiger partial charge in [-0.2, -0.15) is 0 Å². The molecule has 3 rings (SSSR count). The molecule has 3 heteroatoms. The number of carbonyl (C=O) groups excluding carboxylic acids is 1. The van der Waals surface area contributed by atoms with Crippen molar-refractivity contribution >= 4 is 16.7 Å². The summed E-state index contributed by atoms with van der Waals surface area (Å²) in [7, 11) is 0. The van der Waals surface area contributed by atoms with Crippen molar-refractivity contribution in [1.82, 2.24) is 5.32 Å². The predicted octanol–water partition coefficient (Wildman–Crippen LogP) is 2.50. The van der Waals surface area contributed by atoms with Gasteiger partial charge in [0.05, 0.1) is 0 Å². The second kappa shape index (κ2) is 4.78. The first kappa shape index (κ1) is 11.2. The summed E-state index contributed by atoms with van der Waals surface area (Å²) >= 11 is 0. The SMILES string of the molecule is O=C(Oc1cccc2ccccc12)C1CCCN1. The number of fused-ring (bicyclic) bond motifs is 1. The van der Waals surface area contributed by atoms with E-state index in [2.05, 4.69) is 5.32 Å². The lowest BCUT2D eigenvalue weighted by Crippen LogP contribution is -2.34. The topological polar surface area (TPSA) is 38.3 Å². The standard InChI is InChI=1S/C15H15NO2/c17-15(13-8-4-10-16-13)18-14-9-3-6-11-5-1-2-7-12(11)14/h1-3,5-7,9,13,16H,4,8,10H2. The van der Waals surface area contributed by atoms with Gasteiger partial charge in [0, 0.05) is 5.39 Å². The number of rotatable bonds is 2. The molecule has 1 heterocycles. The summed E-state index contributed by atoms with van der Waals surface area (Å²) in [5.41, 5.74) is 0. The zero-order valence-corrected chi connectivity index (χ0v) is 10.1. The summed E-state index contributed by atoms with van der Waals surface area (Å²) in [5.74, 6) is 0.468. The second-order valence-electron chi connectivity index (χ2n) is 4.55. The monoisotopic (exact) mass is 241 g/mol. The first-order valence-electron chi connectivity index (χ1n) is 6.27. The van der Waals surface area contributed by atoms with E-state index in [1.807, 2.05) is 42.5 Å². The van der Waals surface area contributed by atoms with Crippen molar-refractivity contribution in [2.24, 2.45) is 0 Å². The summed E-state index contributed by atoms with van der Waals surface area (Å²) in [6.07, 6.45) is 1.90. The molecule has 92 valence electrons. The van der Waals surface area contributed by atoms with Crippen LogP contribution in [0.15, 0.2) is 42.5 Å². The van der Waals surface area contributed by atoms with Crippen LogP contribution in [-0.4, -0.2) is 18.6 Å². The lowest BCUT2D eigenvalue weighted by atomic mass is 10.1. The van der Waals surface area contributed by atoms with Gasteiger partial charge in [0.15, 0.2) is 0 Å². The zero-order valence-electron chi connectivity index (χ0n) is 10.1. The van der Waals surface area contributed by atoms with Crippen molar-refractivity contribution in [2.45, 2.75) is 18.9 Å². The summed E-state index contributed by atoms with van der Waals surface area (Å²) in [6.45, 7) is 0.898. The minimum atomic E-state index is -0.177. The minimum absolute atomic E-state index is 0.149. The third kappa shape index (κ3) is 2.09. The van der Waals surface area contributed by atoms with Crippen molar-refractivity contribution in [3.63, 3.8) is 0 Å². The number of carbonyl (C=O) groups is 1. The van der Waals surface area contributed by atoms with Gasteiger partial charge < -0.3 is 10.1 Å². The molecule has 1 aliphatic rings. The average molecular weight is 241 g/mol. The van der Waals surface area contributed by atoms with Gasteiger partial charge in [0.25, 0.3) is 0 Å². The number of hydrogen-bond donors (Lipinski definition) is 1. The van der Waals surface area contributed by atoms with Gasteiger partial charge in [-0.05, 0) is 30.8 Å². The highest BCUT2D eigenvalue weighted by atomic mass is 16.5. The summed E-state index contributed by atoms with van der Waals surface area (Å²) in [5, 5.41) is 5.21. The third-order valence-corrected chi connectivity index (χ3v) is 3.31. The quantitative estimate of drug-likeness (QED) is 0.648. The molecule has 18 heavy (non-hydrogen) atoms. The van der Waals surface area contributed by atoms with Crippen molar-refractivity contribution in [2.75, 3.05) is 6.54 Å². The largest absolute Gasteiger partial charge is 0.425 e. The van der Waals surface area contributed by atoms with E-state index < -0.39 is 0 Å². The van der Waals surface area contributed by atoms with Gasteiger partial charge in [-0.15, -0.1) is 0 Å². The summed E-state index contributed by atoms with van der Waals surface area (Å²) in [4.78, 5) is 12.0. The van der Waals surface area contributed by atoms with Crippen molar-refractivity contribution in [3.8, 4) is 5.75 Å².